The van der Waals surface area contributed by atoms with Gasteiger partial charge in [0.1, 0.15) is 0 Å². The fraction of sp³-hybridized carbons (Fsp3) is 0.412. The number of hydrogen-bond acceptors (Lipinski definition) is 2. The van der Waals surface area contributed by atoms with Crippen molar-refractivity contribution in [2.75, 3.05) is 0 Å². The zero-order valence-electron chi connectivity index (χ0n) is 11.1. The maximum absolute atomic E-state index is 10.1. The summed E-state index contributed by atoms with van der Waals surface area (Å²) < 4.78 is 0. The number of aryl methyl sites for hydroxylation is 1. The van der Waals surface area contributed by atoms with Gasteiger partial charge in [0.25, 0.3) is 0 Å². The standard InChI is InChI=1S/C17H20OS/c18-15(6-3-7-16-8-4-10-19-16)12-14-11-13-5-1-2-9-17(13)14/h1-2,4-5,8-10,14-15,18H,3,6-7,11-12H2. The summed E-state index contributed by atoms with van der Waals surface area (Å²) >= 11 is 1.81. The number of fused-ring (bicyclic) bond motifs is 1. The molecule has 0 bridgehead atoms. The van der Waals surface area contributed by atoms with Crippen LogP contribution in [0.3, 0.4) is 0 Å². The highest BCUT2D eigenvalue weighted by Gasteiger charge is 2.27. The Morgan fingerprint density at radius 2 is 2.11 bits per heavy atom. The van der Waals surface area contributed by atoms with E-state index in [1.54, 1.807) is 0 Å². The molecular formula is C17H20OS. The van der Waals surface area contributed by atoms with E-state index >= 15 is 0 Å². The molecule has 100 valence electrons. The van der Waals surface area contributed by atoms with Gasteiger partial charge in [0, 0.05) is 4.88 Å². The van der Waals surface area contributed by atoms with Gasteiger partial charge in [0.2, 0.25) is 0 Å². The molecule has 2 unspecified atom stereocenters. The summed E-state index contributed by atoms with van der Waals surface area (Å²) in [6.07, 6.45) is 5.07. The molecule has 0 spiro atoms. The van der Waals surface area contributed by atoms with Crippen molar-refractivity contribution in [3.63, 3.8) is 0 Å². The van der Waals surface area contributed by atoms with Gasteiger partial charge in [-0.3, -0.25) is 0 Å². The molecule has 3 rings (SSSR count). The third-order valence-electron chi connectivity index (χ3n) is 4.06. The van der Waals surface area contributed by atoms with Gasteiger partial charge in [-0.05, 0) is 60.6 Å². The van der Waals surface area contributed by atoms with E-state index in [9.17, 15) is 5.11 Å². The fourth-order valence-corrected chi connectivity index (χ4v) is 3.74. The molecule has 1 N–H and O–H groups in total. The fourth-order valence-electron chi connectivity index (χ4n) is 2.99. The first-order valence-corrected chi connectivity index (χ1v) is 7.99. The molecule has 2 atom stereocenters. The molecule has 19 heavy (non-hydrogen) atoms. The maximum Gasteiger partial charge on any atom is 0.0546 e. The molecule has 0 saturated heterocycles. The van der Waals surface area contributed by atoms with Crippen molar-refractivity contribution in [1.29, 1.82) is 0 Å². The molecule has 1 aromatic carbocycles. The van der Waals surface area contributed by atoms with Crippen LogP contribution in [0.25, 0.3) is 0 Å². The van der Waals surface area contributed by atoms with Crippen molar-refractivity contribution >= 4 is 11.3 Å². The number of aliphatic hydroxyl groups is 1. The molecule has 0 amide bonds. The molecule has 1 aromatic heterocycles. The lowest BCUT2D eigenvalue weighted by atomic mass is 9.74. The van der Waals surface area contributed by atoms with E-state index in [2.05, 4.69) is 41.8 Å². The van der Waals surface area contributed by atoms with E-state index in [1.165, 1.54) is 16.0 Å². The smallest absolute Gasteiger partial charge is 0.0546 e. The second-order valence-electron chi connectivity index (χ2n) is 5.46. The highest BCUT2D eigenvalue weighted by atomic mass is 32.1. The molecule has 1 aliphatic rings. The van der Waals surface area contributed by atoms with E-state index in [4.69, 9.17) is 0 Å². The average Bonchev–Trinajstić information content (AvgIpc) is 2.89. The van der Waals surface area contributed by atoms with Crippen LogP contribution >= 0.6 is 11.3 Å². The quantitative estimate of drug-likeness (QED) is 0.837. The topological polar surface area (TPSA) is 20.2 Å². The Hall–Kier alpha value is -1.12. The normalized spacial score (nSPS) is 18.7. The van der Waals surface area contributed by atoms with Gasteiger partial charge in [0.05, 0.1) is 6.10 Å². The number of thiophene rings is 1. The monoisotopic (exact) mass is 272 g/mol. The number of rotatable bonds is 6. The van der Waals surface area contributed by atoms with Crippen LogP contribution in [0, 0.1) is 0 Å². The molecule has 0 fully saturated rings. The molecule has 1 heterocycles. The van der Waals surface area contributed by atoms with E-state index in [-0.39, 0.29) is 6.10 Å². The van der Waals surface area contributed by atoms with Crippen molar-refractivity contribution in [2.45, 2.75) is 44.1 Å². The van der Waals surface area contributed by atoms with Crippen LogP contribution in [0.15, 0.2) is 41.8 Å². The largest absolute Gasteiger partial charge is 0.393 e. The third-order valence-corrected chi connectivity index (χ3v) is 4.99. The number of benzene rings is 1. The predicted octanol–water partition coefficient (Wildman–Crippen LogP) is 4.16. The third kappa shape index (κ3) is 3.07. The van der Waals surface area contributed by atoms with Crippen molar-refractivity contribution < 1.29 is 5.11 Å². The van der Waals surface area contributed by atoms with Crippen LogP contribution < -0.4 is 0 Å². The summed E-state index contributed by atoms with van der Waals surface area (Å²) in [5.74, 6) is 0.591. The first-order valence-electron chi connectivity index (χ1n) is 7.11. The van der Waals surface area contributed by atoms with Crippen molar-refractivity contribution in [3.8, 4) is 0 Å². The molecule has 1 nitrogen and oxygen atoms in total. The second kappa shape index (κ2) is 5.89. The van der Waals surface area contributed by atoms with Gasteiger partial charge >= 0.3 is 0 Å². The minimum Gasteiger partial charge on any atom is -0.393 e. The van der Waals surface area contributed by atoms with Crippen LogP contribution in [0.1, 0.15) is 41.2 Å². The van der Waals surface area contributed by atoms with Crippen molar-refractivity contribution in [3.05, 3.63) is 57.8 Å². The zero-order valence-corrected chi connectivity index (χ0v) is 11.9. The summed E-state index contributed by atoms with van der Waals surface area (Å²) in [5, 5.41) is 12.3. The van der Waals surface area contributed by atoms with Crippen molar-refractivity contribution in [1.82, 2.24) is 0 Å². The average molecular weight is 272 g/mol. The summed E-state index contributed by atoms with van der Waals surface area (Å²) in [4.78, 5) is 1.43. The van der Waals surface area contributed by atoms with Crippen molar-refractivity contribution in [2.24, 2.45) is 0 Å². The van der Waals surface area contributed by atoms with Crippen LogP contribution in [0.4, 0.5) is 0 Å². The lowest BCUT2D eigenvalue weighted by Crippen LogP contribution is -2.22. The molecule has 0 radical (unpaired) electrons. The van der Waals surface area contributed by atoms with Gasteiger partial charge < -0.3 is 5.11 Å². The predicted molar refractivity (Wildman–Crippen MR) is 80.8 cm³/mol. The molecule has 0 saturated carbocycles. The Balaban J connectivity index is 1.42. The van der Waals surface area contributed by atoms with Gasteiger partial charge in [-0.15, -0.1) is 11.3 Å². The van der Waals surface area contributed by atoms with Gasteiger partial charge in [-0.1, -0.05) is 30.3 Å². The lowest BCUT2D eigenvalue weighted by Gasteiger charge is -2.31. The first kappa shape index (κ1) is 12.9. The minimum atomic E-state index is -0.140. The Bertz CT molecular complexity index is 518. The highest BCUT2D eigenvalue weighted by molar-refractivity contribution is 7.09. The summed E-state index contributed by atoms with van der Waals surface area (Å²) in [6.45, 7) is 0. The minimum absolute atomic E-state index is 0.140. The SMILES string of the molecule is OC(CCCc1cccs1)CC1Cc2ccccc21. The Labute approximate surface area is 118 Å². The van der Waals surface area contributed by atoms with Crippen LogP contribution in [0.5, 0.6) is 0 Å². The van der Waals surface area contributed by atoms with Crippen LogP contribution in [-0.2, 0) is 12.8 Å². The van der Waals surface area contributed by atoms with Crippen LogP contribution in [0.2, 0.25) is 0 Å². The molecule has 1 aliphatic carbocycles. The Morgan fingerprint density at radius 3 is 2.89 bits per heavy atom. The Morgan fingerprint density at radius 1 is 1.21 bits per heavy atom. The summed E-state index contributed by atoms with van der Waals surface area (Å²) in [6, 6.07) is 12.9. The van der Waals surface area contributed by atoms with Gasteiger partial charge in [-0.25, -0.2) is 0 Å². The molecule has 2 aromatic rings. The summed E-state index contributed by atoms with van der Waals surface area (Å²) in [5.41, 5.74) is 2.93. The van der Waals surface area contributed by atoms with E-state index in [1.807, 2.05) is 11.3 Å². The highest BCUT2D eigenvalue weighted by Crippen LogP contribution is 2.38. The lowest BCUT2D eigenvalue weighted by molar-refractivity contribution is 0.139. The van der Waals surface area contributed by atoms with E-state index < -0.39 is 0 Å². The number of hydrogen-bond donors (Lipinski definition) is 1. The zero-order chi connectivity index (χ0) is 13.1. The van der Waals surface area contributed by atoms with Crippen LogP contribution in [-0.4, -0.2) is 11.2 Å². The first-order chi connectivity index (χ1) is 9.33. The van der Waals surface area contributed by atoms with E-state index in [0.29, 0.717) is 5.92 Å². The molecular weight excluding hydrogens is 252 g/mol. The number of aliphatic hydroxyl groups excluding tert-OH is 1. The Kier molecular flexibility index (Phi) is 4.00. The van der Waals surface area contributed by atoms with Gasteiger partial charge in [-0.2, -0.15) is 0 Å². The van der Waals surface area contributed by atoms with Gasteiger partial charge in [0.15, 0.2) is 0 Å². The molecule has 0 aliphatic heterocycles. The molecule has 2 heteroatoms. The second-order valence-corrected chi connectivity index (χ2v) is 6.49. The van der Waals surface area contributed by atoms with E-state index in [0.717, 1.165) is 32.1 Å². The maximum atomic E-state index is 10.1. The summed E-state index contributed by atoms with van der Waals surface area (Å²) in [7, 11) is 0.